The number of carbonyl (C=O) groups excluding carboxylic acids is 4. The van der Waals surface area contributed by atoms with Gasteiger partial charge in [-0.1, -0.05) is 0 Å². The normalized spacial score (nSPS) is 29.1. The van der Waals surface area contributed by atoms with E-state index < -0.39 is 59.4 Å². The lowest BCUT2D eigenvalue weighted by Gasteiger charge is -2.42. The van der Waals surface area contributed by atoms with Crippen molar-refractivity contribution in [3.8, 4) is 0 Å². The van der Waals surface area contributed by atoms with Crippen LogP contribution in [0.2, 0.25) is 0 Å². The van der Waals surface area contributed by atoms with Crippen LogP contribution in [0, 0.1) is 0 Å². The molecule has 0 radical (unpaired) electrons. The Balaban J connectivity index is 0.000000703. The lowest BCUT2D eigenvalue weighted by Crippen LogP contribution is -2.53. The van der Waals surface area contributed by atoms with Crippen molar-refractivity contribution in [1.29, 1.82) is 0 Å². The highest BCUT2D eigenvalue weighted by atomic mass is 16.6. The molecule has 35 heavy (non-hydrogen) atoms. The maximum atomic E-state index is 12.2. The second kappa shape index (κ2) is 12.7. The van der Waals surface area contributed by atoms with Crippen molar-refractivity contribution >= 4 is 23.9 Å². The van der Waals surface area contributed by atoms with Gasteiger partial charge >= 0.3 is 25.3 Å². The average Bonchev–Trinajstić information content (AvgIpc) is 3.07. The summed E-state index contributed by atoms with van der Waals surface area (Å²) in [5.41, 5.74) is -3.63. The fourth-order valence-corrected chi connectivity index (χ4v) is 4.28. The first-order valence-electron chi connectivity index (χ1n) is 12.9. The van der Waals surface area contributed by atoms with Gasteiger partial charge in [-0.05, 0) is 73.6 Å². The topological polar surface area (TPSA) is 124 Å². The van der Waals surface area contributed by atoms with Crippen LogP contribution in [0.5, 0.6) is 0 Å². The van der Waals surface area contributed by atoms with Crippen LogP contribution in [0.3, 0.4) is 0 Å². The maximum absolute atomic E-state index is 12.2. The van der Waals surface area contributed by atoms with Gasteiger partial charge in [0.25, 0.3) is 0 Å². The van der Waals surface area contributed by atoms with Crippen LogP contribution in [0.4, 0.5) is 0 Å². The monoisotopic (exact) mass is 507 g/mol. The number of hydrogen-bond donors (Lipinski definition) is 0. The Hall–Kier alpha value is -2.20. The number of hydrogen-bond acceptors (Lipinski definition) is 10. The predicted octanol–water partition coefficient (Wildman–Crippen LogP) is 3.38. The highest BCUT2D eigenvalue weighted by Gasteiger charge is 2.52. The zero-order chi connectivity index (χ0) is 28.7. The molecule has 10 nitrogen and oxygen atoms in total. The van der Waals surface area contributed by atoms with Crippen LogP contribution in [-0.4, -0.2) is 73.7 Å². The van der Waals surface area contributed by atoms with Crippen molar-refractivity contribution in [3.05, 3.63) is 0 Å². The fraction of sp³-hybridized carbons (Fsp3) is 0.840. The first kappa shape index (κ1) is 27.4. The Morgan fingerprint density at radius 3 is 1.46 bits per heavy atom. The van der Waals surface area contributed by atoms with Crippen LogP contribution in [-0.2, 0) is 47.6 Å². The fourth-order valence-electron chi connectivity index (χ4n) is 4.28. The highest BCUT2D eigenvalue weighted by molar-refractivity contribution is 5.87. The van der Waals surface area contributed by atoms with Crippen LogP contribution >= 0.6 is 0 Å². The molecule has 2 aliphatic heterocycles. The van der Waals surface area contributed by atoms with Crippen LogP contribution in [0.15, 0.2) is 0 Å². The number of methoxy groups -OCH3 is 2. The number of esters is 4. The molecule has 0 saturated carbocycles. The molecule has 0 aromatic carbocycles. The van der Waals surface area contributed by atoms with Crippen molar-refractivity contribution in [3.63, 3.8) is 0 Å². The summed E-state index contributed by atoms with van der Waals surface area (Å²) < 4.78 is 45.2. The molecule has 0 aliphatic carbocycles. The summed E-state index contributed by atoms with van der Waals surface area (Å²) in [5.74, 6) is -2.37. The first-order valence-corrected chi connectivity index (χ1v) is 11.7. The van der Waals surface area contributed by atoms with E-state index >= 15 is 0 Å². The van der Waals surface area contributed by atoms with Gasteiger partial charge in [0.2, 0.25) is 0 Å². The Morgan fingerprint density at radius 1 is 0.743 bits per heavy atom. The Bertz CT molecular complexity index is 830. The van der Waals surface area contributed by atoms with Gasteiger partial charge in [0, 0.05) is 0 Å². The molecule has 0 amide bonds. The largest absolute Gasteiger partial charge is 1.00 e. The van der Waals surface area contributed by atoms with Gasteiger partial charge in [-0.3, -0.25) is 9.59 Å². The average molecular weight is 508 g/mol. The van der Waals surface area contributed by atoms with Crippen molar-refractivity contribution < 1.29 is 51.8 Å². The third kappa shape index (κ3) is 8.75. The maximum Gasteiger partial charge on any atom is 1.00 e. The quantitative estimate of drug-likeness (QED) is 0.357. The summed E-state index contributed by atoms with van der Waals surface area (Å²) in [7, 11) is 2.52. The summed E-state index contributed by atoms with van der Waals surface area (Å²) in [5, 5.41) is 0. The molecule has 0 aromatic rings. The Kier molecular flexibility index (Phi) is 9.91. The second-order valence-corrected chi connectivity index (χ2v) is 9.85. The predicted molar refractivity (Wildman–Crippen MR) is 127 cm³/mol. The van der Waals surface area contributed by atoms with Crippen molar-refractivity contribution in [1.82, 2.24) is 0 Å². The van der Waals surface area contributed by atoms with Gasteiger partial charge in [-0.15, -0.1) is 0 Å². The molecule has 0 aromatic heterocycles. The molecule has 4 unspecified atom stereocenters. The third-order valence-electron chi connectivity index (χ3n) is 5.94. The van der Waals surface area contributed by atoms with E-state index in [-0.39, 0.29) is 14.3 Å². The molecule has 4 atom stereocenters. The van der Waals surface area contributed by atoms with Gasteiger partial charge in [-0.2, -0.15) is 0 Å². The molecule has 0 spiro atoms. The Morgan fingerprint density at radius 2 is 1.14 bits per heavy atom. The summed E-state index contributed by atoms with van der Waals surface area (Å²) in [6.07, 6.45) is 2.63. The van der Waals surface area contributed by atoms with Crippen LogP contribution in [0.1, 0.15) is 90.7 Å². The third-order valence-corrected chi connectivity index (χ3v) is 5.94. The van der Waals surface area contributed by atoms with E-state index in [4.69, 9.17) is 21.7 Å². The van der Waals surface area contributed by atoms with Gasteiger partial charge < -0.3 is 28.4 Å². The van der Waals surface area contributed by atoms with Gasteiger partial charge in [0.1, 0.15) is 0 Å². The molecule has 0 N–H and O–H groups in total. The number of rotatable bonds is 8. The van der Waals surface area contributed by atoms with Crippen molar-refractivity contribution in [2.75, 3.05) is 27.4 Å². The van der Waals surface area contributed by atoms with E-state index in [0.717, 1.165) is 12.8 Å². The second-order valence-electron chi connectivity index (χ2n) is 9.85. The van der Waals surface area contributed by atoms with Crippen LogP contribution < -0.4 is 0 Å². The lowest BCUT2D eigenvalue weighted by molar-refractivity contribution is -0.211. The van der Waals surface area contributed by atoms with E-state index in [9.17, 15) is 19.2 Å². The molecule has 2 saturated heterocycles. The lowest BCUT2D eigenvalue weighted by atomic mass is 9.84. The molecule has 2 rings (SSSR count). The van der Waals surface area contributed by atoms with E-state index in [2.05, 4.69) is 9.47 Å². The molecule has 2 heterocycles. The minimum Gasteiger partial charge on any atom is -0.469 e. The Labute approximate surface area is 212 Å². The van der Waals surface area contributed by atoms with E-state index in [1.165, 1.54) is 28.1 Å². The van der Waals surface area contributed by atoms with E-state index in [1.807, 2.05) is 27.7 Å². The smallest absolute Gasteiger partial charge is 0.469 e. The van der Waals surface area contributed by atoms with Gasteiger partial charge in [0.15, 0.2) is 11.2 Å². The minimum atomic E-state index is -1.33. The summed E-state index contributed by atoms with van der Waals surface area (Å²) in [6.45, 7) is 8.34. The minimum absolute atomic E-state index is 0. The first-order chi connectivity index (χ1) is 16.9. The molecule has 2 aliphatic rings. The standard InChI is InChI=1S/C13H22O5.C12H20O5/c1-5-17-11(15)13(9-10(14)16-4)8-6-7-12(2,3)18-13;1-5-16-10(14)12(8-9(13)15-4)7-6-11(2,3)17-12/h5-9H2,1-4H3;5-8H2,1-4H3/p+1/i2*5T. The van der Waals surface area contributed by atoms with Gasteiger partial charge in [-0.25, -0.2) is 9.59 Å². The zero-order valence-electron chi connectivity index (χ0n) is 25.2. The summed E-state index contributed by atoms with van der Waals surface area (Å²) >= 11 is 0. The molecular formula is C25H43O10+. The van der Waals surface area contributed by atoms with Gasteiger partial charge in [0.05, 0.1) is 54.2 Å². The summed E-state index contributed by atoms with van der Waals surface area (Å²) in [6, 6.07) is 0. The number of ether oxygens (including phenoxy) is 6. The van der Waals surface area contributed by atoms with Crippen LogP contribution in [0.25, 0.3) is 0 Å². The highest BCUT2D eigenvalue weighted by Crippen LogP contribution is 2.41. The van der Waals surface area contributed by atoms with Crippen molar-refractivity contribution in [2.45, 2.75) is 109 Å². The molecule has 0 bridgehead atoms. The molecular weight excluding hydrogens is 460 g/mol. The number of carbonyl (C=O) groups is 4. The molecule has 202 valence electrons. The van der Waals surface area contributed by atoms with Crippen molar-refractivity contribution in [2.24, 2.45) is 0 Å². The molecule has 2 fully saturated rings. The molecule has 10 heteroatoms. The van der Waals surface area contributed by atoms with E-state index in [1.54, 1.807) is 0 Å². The summed E-state index contributed by atoms with van der Waals surface area (Å²) in [4.78, 5) is 47.2. The zero-order valence-corrected chi connectivity index (χ0v) is 22.2. The SMILES string of the molecule is [3H]C(C)OC(=O)C1(CC(=O)OC)CCC(C)(C)O1.[3H]C(C)OC(=O)C1(CC(=O)OC)CCCC(C)(C)O1.[H+]. The van der Waals surface area contributed by atoms with E-state index in [0.29, 0.717) is 19.3 Å².